The highest BCUT2D eigenvalue weighted by Crippen LogP contribution is 2.30. The van der Waals surface area contributed by atoms with E-state index >= 15 is 0 Å². The van der Waals surface area contributed by atoms with Gasteiger partial charge in [0, 0.05) is 6.92 Å². The Bertz CT molecular complexity index is 404. The highest BCUT2D eigenvalue weighted by Gasteiger charge is 2.24. The number of benzene rings is 1. The number of amides is 1. The van der Waals surface area contributed by atoms with Gasteiger partial charge < -0.3 is 11.1 Å². The lowest BCUT2D eigenvalue weighted by Crippen LogP contribution is -2.13. The van der Waals surface area contributed by atoms with Crippen LogP contribution in [0.2, 0.25) is 0 Å². The largest absolute Gasteiger partial charge is 0.394 e. The predicted octanol–water partition coefficient (Wildman–Crippen LogP) is 1.78. The van der Waals surface area contributed by atoms with Crippen LogP contribution >= 0.6 is 0 Å². The molecule has 0 saturated heterocycles. The third-order valence-electron chi connectivity index (χ3n) is 1.60. The molecule has 0 aromatic heterocycles. The Morgan fingerprint density at radius 3 is 2.00 bits per heavy atom. The van der Waals surface area contributed by atoms with Crippen molar-refractivity contribution in [1.29, 1.82) is 0 Å². The molecular formula is C8H6F4N2O. The Balaban J connectivity index is 3.45. The molecule has 7 heteroatoms. The maximum atomic E-state index is 13.0. The van der Waals surface area contributed by atoms with Crippen LogP contribution < -0.4 is 11.1 Å². The first-order valence-electron chi connectivity index (χ1n) is 3.75. The van der Waals surface area contributed by atoms with Gasteiger partial charge in [-0.25, -0.2) is 17.6 Å². The van der Waals surface area contributed by atoms with Gasteiger partial charge in [-0.2, -0.15) is 0 Å². The maximum absolute atomic E-state index is 13.0. The molecule has 0 heterocycles. The summed E-state index contributed by atoms with van der Waals surface area (Å²) < 4.78 is 51.1. The van der Waals surface area contributed by atoms with Crippen LogP contribution in [0.4, 0.5) is 28.9 Å². The number of nitrogens with one attached hydrogen (secondary N) is 1. The lowest BCUT2D eigenvalue weighted by Gasteiger charge is -2.09. The monoisotopic (exact) mass is 222 g/mol. The van der Waals surface area contributed by atoms with Crippen molar-refractivity contribution in [2.24, 2.45) is 0 Å². The third-order valence-corrected chi connectivity index (χ3v) is 1.60. The number of hydrogen-bond acceptors (Lipinski definition) is 2. The second kappa shape index (κ2) is 3.76. The predicted molar refractivity (Wildman–Crippen MR) is 45.0 cm³/mol. The molecule has 82 valence electrons. The Morgan fingerprint density at radius 1 is 1.07 bits per heavy atom. The van der Waals surface area contributed by atoms with E-state index in [9.17, 15) is 22.4 Å². The summed E-state index contributed by atoms with van der Waals surface area (Å²) in [5, 5.41) is 1.76. The molecule has 0 aliphatic rings. The summed E-state index contributed by atoms with van der Waals surface area (Å²) in [7, 11) is 0. The first-order valence-corrected chi connectivity index (χ1v) is 3.75. The van der Waals surface area contributed by atoms with E-state index < -0.39 is 40.6 Å². The van der Waals surface area contributed by atoms with E-state index in [-0.39, 0.29) is 0 Å². The minimum atomic E-state index is -2.02. The fourth-order valence-electron chi connectivity index (χ4n) is 0.947. The molecule has 0 unspecified atom stereocenters. The van der Waals surface area contributed by atoms with Gasteiger partial charge >= 0.3 is 0 Å². The van der Waals surface area contributed by atoms with Crippen LogP contribution in [-0.2, 0) is 4.79 Å². The van der Waals surface area contributed by atoms with E-state index in [1.807, 2.05) is 0 Å². The van der Waals surface area contributed by atoms with Gasteiger partial charge in [-0.15, -0.1) is 0 Å². The first-order chi connectivity index (χ1) is 6.86. The van der Waals surface area contributed by atoms with Crippen LogP contribution in [0.5, 0.6) is 0 Å². The normalized spacial score (nSPS) is 10.2. The summed E-state index contributed by atoms with van der Waals surface area (Å²) in [6, 6.07) is 0. The topological polar surface area (TPSA) is 55.1 Å². The van der Waals surface area contributed by atoms with Gasteiger partial charge in [-0.3, -0.25) is 4.79 Å². The van der Waals surface area contributed by atoms with E-state index in [0.717, 1.165) is 6.92 Å². The van der Waals surface area contributed by atoms with Gasteiger partial charge in [0.15, 0.2) is 23.3 Å². The van der Waals surface area contributed by atoms with E-state index in [1.54, 1.807) is 5.32 Å². The quantitative estimate of drug-likeness (QED) is 0.329. The van der Waals surface area contributed by atoms with Crippen LogP contribution in [0, 0.1) is 23.3 Å². The fraction of sp³-hybridized carbons (Fsp3) is 0.125. The highest BCUT2D eigenvalue weighted by atomic mass is 19.2. The number of nitrogen functional groups attached to an aromatic ring is 1. The van der Waals surface area contributed by atoms with Crippen molar-refractivity contribution in [2.45, 2.75) is 6.92 Å². The Morgan fingerprint density at radius 2 is 1.53 bits per heavy atom. The number of halogens is 4. The second-order valence-electron chi connectivity index (χ2n) is 2.73. The highest BCUT2D eigenvalue weighted by molar-refractivity contribution is 5.92. The molecule has 0 bridgehead atoms. The van der Waals surface area contributed by atoms with Crippen LogP contribution in [-0.4, -0.2) is 5.91 Å². The summed E-state index contributed by atoms with van der Waals surface area (Å²) >= 11 is 0. The number of carbonyl (C=O) groups excluding carboxylic acids is 1. The molecule has 3 nitrogen and oxygen atoms in total. The van der Waals surface area contributed by atoms with Gasteiger partial charge in [0.25, 0.3) is 0 Å². The van der Waals surface area contributed by atoms with Gasteiger partial charge in [0.05, 0.1) is 5.69 Å². The van der Waals surface area contributed by atoms with Crippen LogP contribution in [0.25, 0.3) is 0 Å². The second-order valence-corrected chi connectivity index (χ2v) is 2.73. The van der Waals surface area contributed by atoms with Crippen LogP contribution in [0.15, 0.2) is 0 Å². The molecule has 1 amide bonds. The minimum absolute atomic E-state index is 0.786. The number of anilines is 2. The first kappa shape index (κ1) is 11.3. The van der Waals surface area contributed by atoms with Crippen molar-refractivity contribution in [3.05, 3.63) is 23.3 Å². The molecule has 0 fully saturated rings. The zero-order valence-corrected chi connectivity index (χ0v) is 7.50. The van der Waals surface area contributed by atoms with E-state index in [0.29, 0.717) is 0 Å². The minimum Gasteiger partial charge on any atom is -0.394 e. The molecule has 3 N–H and O–H groups in total. The van der Waals surface area contributed by atoms with Crippen molar-refractivity contribution < 1.29 is 22.4 Å². The lowest BCUT2D eigenvalue weighted by atomic mass is 10.2. The maximum Gasteiger partial charge on any atom is 0.221 e. The van der Waals surface area contributed by atoms with E-state index in [1.165, 1.54) is 0 Å². The van der Waals surface area contributed by atoms with Gasteiger partial charge in [0.1, 0.15) is 5.69 Å². The van der Waals surface area contributed by atoms with Gasteiger partial charge in [0.2, 0.25) is 5.91 Å². The number of nitrogens with two attached hydrogens (primary N) is 1. The Labute approximate surface area is 81.9 Å². The van der Waals surface area contributed by atoms with Gasteiger partial charge in [-0.1, -0.05) is 0 Å². The van der Waals surface area contributed by atoms with Crippen LogP contribution in [0.3, 0.4) is 0 Å². The molecule has 1 aromatic rings. The standard InChI is InChI=1S/C8H6F4N2O/c1-2(15)14-8-6(12)4(10)3(9)5(11)7(8)13/h13H2,1H3,(H,14,15). The summed E-state index contributed by atoms with van der Waals surface area (Å²) in [5.74, 6) is -8.30. The molecule has 15 heavy (non-hydrogen) atoms. The van der Waals surface area contributed by atoms with Crippen molar-refractivity contribution >= 4 is 17.3 Å². The molecule has 1 aromatic carbocycles. The molecule has 0 radical (unpaired) electrons. The molecule has 0 atom stereocenters. The Hall–Kier alpha value is -1.79. The molecule has 0 aliphatic carbocycles. The number of hydrogen-bond donors (Lipinski definition) is 2. The summed E-state index contributed by atoms with van der Waals surface area (Å²) in [4.78, 5) is 10.6. The SMILES string of the molecule is CC(=O)Nc1c(N)c(F)c(F)c(F)c1F. The zero-order valence-electron chi connectivity index (χ0n) is 7.50. The summed E-state index contributed by atoms with van der Waals surface area (Å²) in [6.07, 6.45) is 0. The average molecular weight is 222 g/mol. The molecular weight excluding hydrogens is 216 g/mol. The van der Waals surface area contributed by atoms with Crippen molar-refractivity contribution in [3.8, 4) is 0 Å². The summed E-state index contributed by atoms with van der Waals surface area (Å²) in [5.41, 5.74) is 3.08. The lowest BCUT2D eigenvalue weighted by molar-refractivity contribution is -0.114. The van der Waals surface area contributed by atoms with Crippen molar-refractivity contribution in [2.75, 3.05) is 11.1 Å². The smallest absolute Gasteiger partial charge is 0.221 e. The zero-order chi connectivity index (χ0) is 11.7. The molecule has 0 aliphatic heterocycles. The van der Waals surface area contributed by atoms with Crippen LogP contribution in [0.1, 0.15) is 6.92 Å². The number of carbonyl (C=O) groups is 1. The summed E-state index contributed by atoms with van der Waals surface area (Å²) in [6.45, 7) is 0.984. The fourth-order valence-corrected chi connectivity index (χ4v) is 0.947. The van der Waals surface area contributed by atoms with E-state index in [2.05, 4.69) is 0 Å². The molecule has 0 spiro atoms. The Kier molecular flexibility index (Phi) is 2.83. The third kappa shape index (κ3) is 1.85. The average Bonchev–Trinajstić information content (AvgIpc) is 2.18. The van der Waals surface area contributed by atoms with Crippen molar-refractivity contribution in [3.63, 3.8) is 0 Å². The molecule has 0 saturated carbocycles. The van der Waals surface area contributed by atoms with Crippen molar-refractivity contribution in [1.82, 2.24) is 0 Å². The van der Waals surface area contributed by atoms with Gasteiger partial charge in [-0.05, 0) is 0 Å². The molecule has 1 rings (SSSR count). The number of rotatable bonds is 1. The van der Waals surface area contributed by atoms with E-state index in [4.69, 9.17) is 5.73 Å².